The molecule has 1 aromatic rings. The maximum absolute atomic E-state index is 12.9. The van der Waals surface area contributed by atoms with Crippen LogP contribution in [-0.4, -0.2) is 56.0 Å². The number of hydrogen-bond acceptors (Lipinski definition) is 6. The molecule has 3 aliphatic rings. The predicted molar refractivity (Wildman–Crippen MR) is 86.7 cm³/mol. The van der Waals surface area contributed by atoms with Crippen LogP contribution in [0.3, 0.4) is 0 Å². The first-order chi connectivity index (χ1) is 12.1. The number of cyclic esters (lactones) is 1. The van der Waals surface area contributed by atoms with E-state index in [1.807, 2.05) is 23.1 Å². The molecule has 134 valence electrons. The number of piperidine rings is 1. The number of carbonyl (C=O) groups excluding carboxylic acids is 2. The number of hydrogen-bond donors (Lipinski definition) is 0. The van der Waals surface area contributed by atoms with Crippen LogP contribution in [0.15, 0.2) is 18.2 Å². The fraction of sp³-hybridized carbons (Fsp3) is 0.556. The van der Waals surface area contributed by atoms with Crippen molar-refractivity contribution in [2.45, 2.75) is 24.9 Å². The third-order valence-corrected chi connectivity index (χ3v) is 5.26. The van der Waals surface area contributed by atoms with Gasteiger partial charge >= 0.3 is 6.16 Å². The molecule has 4 rings (SSSR count). The van der Waals surface area contributed by atoms with Crippen molar-refractivity contribution in [3.63, 3.8) is 0 Å². The number of amides is 1. The average Bonchev–Trinajstić information content (AvgIpc) is 3.01. The highest BCUT2D eigenvalue weighted by atomic mass is 16.8. The van der Waals surface area contributed by atoms with Gasteiger partial charge in [-0.15, -0.1) is 0 Å². The minimum Gasteiger partial charge on any atom is -0.497 e. The predicted octanol–water partition coefficient (Wildman–Crippen LogP) is 1.77. The molecule has 0 aliphatic carbocycles. The molecule has 0 N–H and O–H groups in total. The van der Waals surface area contributed by atoms with E-state index in [9.17, 15) is 9.59 Å². The minimum absolute atomic E-state index is 0.0913. The SMILES string of the molecule is COc1ccc2c(c1)C[C@@H](C(=O)N1CCC3(CC1)COC(=O)O3)CO2. The molecule has 0 saturated carbocycles. The van der Waals surface area contributed by atoms with E-state index in [-0.39, 0.29) is 18.4 Å². The molecule has 2 saturated heterocycles. The van der Waals surface area contributed by atoms with Gasteiger partial charge in [0.2, 0.25) is 5.91 Å². The number of rotatable bonds is 2. The van der Waals surface area contributed by atoms with Crippen LogP contribution in [0.2, 0.25) is 0 Å². The third-order valence-electron chi connectivity index (χ3n) is 5.26. The summed E-state index contributed by atoms with van der Waals surface area (Å²) in [7, 11) is 1.62. The molecule has 0 unspecified atom stereocenters. The van der Waals surface area contributed by atoms with Crippen LogP contribution in [0.5, 0.6) is 11.5 Å². The number of ether oxygens (including phenoxy) is 4. The van der Waals surface area contributed by atoms with Crippen LogP contribution in [-0.2, 0) is 20.7 Å². The van der Waals surface area contributed by atoms with E-state index in [1.54, 1.807) is 7.11 Å². The van der Waals surface area contributed by atoms with Crippen molar-refractivity contribution in [3.8, 4) is 11.5 Å². The molecule has 0 aromatic heterocycles. The van der Waals surface area contributed by atoms with Gasteiger partial charge in [-0.25, -0.2) is 4.79 Å². The summed E-state index contributed by atoms with van der Waals surface area (Å²) in [5.74, 6) is 1.47. The van der Waals surface area contributed by atoms with Crippen LogP contribution >= 0.6 is 0 Å². The summed E-state index contributed by atoms with van der Waals surface area (Å²) >= 11 is 0. The van der Waals surface area contributed by atoms with Crippen LogP contribution < -0.4 is 9.47 Å². The Hall–Kier alpha value is -2.44. The van der Waals surface area contributed by atoms with Crippen LogP contribution in [0.4, 0.5) is 4.79 Å². The first-order valence-corrected chi connectivity index (χ1v) is 8.53. The van der Waals surface area contributed by atoms with Gasteiger partial charge in [0.25, 0.3) is 0 Å². The summed E-state index contributed by atoms with van der Waals surface area (Å²) in [6, 6.07) is 5.67. The number of fused-ring (bicyclic) bond motifs is 1. The lowest BCUT2D eigenvalue weighted by Gasteiger charge is -2.38. The Kier molecular flexibility index (Phi) is 3.94. The molecular weight excluding hydrogens is 326 g/mol. The van der Waals surface area contributed by atoms with Crippen LogP contribution in [0.1, 0.15) is 18.4 Å². The molecule has 7 heteroatoms. The topological polar surface area (TPSA) is 74.3 Å². The van der Waals surface area contributed by atoms with Crippen molar-refractivity contribution < 1.29 is 28.5 Å². The number of likely N-dealkylation sites (tertiary alicyclic amines) is 1. The first kappa shape index (κ1) is 16.1. The normalized spacial score (nSPS) is 24.1. The van der Waals surface area contributed by atoms with E-state index in [4.69, 9.17) is 18.9 Å². The second-order valence-corrected chi connectivity index (χ2v) is 6.83. The van der Waals surface area contributed by atoms with Gasteiger partial charge in [-0.3, -0.25) is 4.79 Å². The highest BCUT2D eigenvalue weighted by molar-refractivity contribution is 5.80. The summed E-state index contributed by atoms with van der Waals surface area (Å²) in [5.41, 5.74) is 0.451. The molecule has 2 fully saturated rings. The molecule has 3 aliphatic heterocycles. The zero-order chi connectivity index (χ0) is 17.4. The molecule has 25 heavy (non-hydrogen) atoms. The van der Waals surface area contributed by atoms with Gasteiger partial charge in [0.15, 0.2) is 5.60 Å². The molecule has 3 heterocycles. The molecule has 0 radical (unpaired) electrons. The second kappa shape index (κ2) is 6.13. The zero-order valence-corrected chi connectivity index (χ0v) is 14.2. The number of benzene rings is 1. The Morgan fingerprint density at radius 2 is 2.08 bits per heavy atom. The lowest BCUT2D eigenvalue weighted by atomic mass is 9.90. The Labute approximate surface area is 145 Å². The van der Waals surface area contributed by atoms with Crippen molar-refractivity contribution in [3.05, 3.63) is 23.8 Å². The molecule has 1 aromatic carbocycles. The first-order valence-electron chi connectivity index (χ1n) is 8.53. The fourth-order valence-electron chi connectivity index (χ4n) is 3.72. The maximum atomic E-state index is 12.9. The van der Waals surface area contributed by atoms with Crippen molar-refractivity contribution >= 4 is 12.1 Å². The van der Waals surface area contributed by atoms with E-state index in [0.29, 0.717) is 39.0 Å². The quantitative estimate of drug-likeness (QED) is 0.759. The van der Waals surface area contributed by atoms with E-state index < -0.39 is 11.8 Å². The van der Waals surface area contributed by atoms with Gasteiger partial charge in [-0.2, -0.15) is 0 Å². The number of nitrogens with zero attached hydrogens (tertiary/aromatic N) is 1. The monoisotopic (exact) mass is 347 g/mol. The summed E-state index contributed by atoms with van der Waals surface area (Å²) < 4.78 is 21.2. The molecule has 1 spiro atoms. The second-order valence-electron chi connectivity index (χ2n) is 6.83. The molecule has 0 bridgehead atoms. The Bertz CT molecular complexity index is 695. The Morgan fingerprint density at radius 1 is 1.28 bits per heavy atom. The van der Waals surface area contributed by atoms with Gasteiger partial charge in [-0.1, -0.05) is 0 Å². The number of methoxy groups -OCH3 is 1. The maximum Gasteiger partial charge on any atom is 0.509 e. The standard InChI is InChI=1S/C18H21NO6/c1-22-14-2-3-15-12(9-14)8-13(10-23-15)16(20)19-6-4-18(5-7-19)11-24-17(21)25-18/h2-3,9,13H,4-8,10-11H2,1H3/t13-/m1/s1. The Morgan fingerprint density at radius 3 is 2.76 bits per heavy atom. The van der Waals surface area contributed by atoms with E-state index in [0.717, 1.165) is 17.1 Å². The largest absolute Gasteiger partial charge is 0.509 e. The van der Waals surface area contributed by atoms with E-state index in [1.165, 1.54) is 0 Å². The lowest BCUT2D eigenvalue weighted by molar-refractivity contribution is -0.140. The van der Waals surface area contributed by atoms with Crippen molar-refractivity contribution in [1.29, 1.82) is 0 Å². The summed E-state index contributed by atoms with van der Waals surface area (Å²) in [6.07, 6.45) is 1.27. The van der Waals surface area contributed by atoms with Gasteiger partial charge < -0.3 is 23.8 Å². The average molecular weight is 347 g/mol. The van der Waals surface area contributed by atoms with E-state index in [2.05, 4.69) is 0 Å². The molecule has 1 atom stereocenters. The van der Waals surface area contributed by atoms with Crippen LogP contribution in [0, 0.1) is 5.92 Å². The van der Waals surface area contributed by atoms with Gasteiger partial charge in [-0.05, 0) is 30.2 Å². The van der Waals surface area contributed by atoms with Gasteiger partial charge in [0, 0.05) is 25.9 Å². The third kappa shape index (κ3) is 2.99. The lowest BCUT2D eigenvalue weighted by Crippen LogP contribution is -2.50. The summed E-state index contributed by atoms with van der Waals surface area (Å²) in [6.45, 7) is 1.80. The van der Waals surface area contributed by atoms with Crippen molar-refractivity contribution in [2.24, 2.45) is 5.92 Å². The fourth-order valence-corrected chi connectivity index (χ4v) is 3.72. The van der Waals surface area contributed by atoms with Crippen molar-refractivity contribution in [2.75, 3.05) is 33.4 Å². The molecule has 1 amide bonds. The number of carbonyl (C=O) groups is 2. The molecular formula is C18H21NO6. The van der Waals surface area contributed by atoms with E-state index >= 15 is 0 Å². The molecule has 7 nitrogen and oxygen atoms in total. The zero-order valence-electron chi connectivity index (χ0n) is 14.2. The van der Waals surface area contributed by atoms with Crippen molar-refractivity contribution in [1.82, 2.24) is 4.90 Å². The van der Waals surface area contributed by atoms with Gasteiger partial charge in [0.05, 0.1) is 13.0 Å². The smallest absolute Gasteiger partial charge is 0.497 e. The minimum atomic E-state index is -0.606. The Balaban J connectivity index is 1.40. The van der Waals surface area contributed by atoms with Crippen LogP contribution in [0.25, 0.3) is 0 Å². The van der Waals surface area contributed by atoms with Gasteiger partial charge in [0.1, 0.15) is 24.7 Å². The summed E-state index contributed by atoms with van der Waals surface area (Å²) in [4.78, 5) is 25.9. The highest BCUT2D eigenvalue weighted by Crippen LogP contribution is 2.34. The highest BCUT2D eigenvalue weighted by Gasteiger charge is 2.46. The summed E-state index contributed by atoms with van der Waals surface area (Å²) in [5, 5.41) is 0.